The second kappa shape index (κ2) is 7.01. The fraction of sp³-hybridized carbons (Fsp3) is 0.0769. The first-order valence-corrected chi connectivity index (χ1v) is 6.51. The van der Waals surface area contributed by atoms with Crippen LogP contribution in [0.15, 0.2) is 47.1 Å². The van der Waals surface area contributed by atoms with E-state index < -0.39 is 12.3 Å². The van der Waals surface area contributed by atoms with E-state index in [0.717, 1.165) is 12.1 Å². The Bertz CT molecular complexity index is 672. The van der Waals surface area contributed by atoms with Gasteiger partial charge in [-0.3, -0.25) is 15.6 Å². The van der Waals surface area contributed by atoms with Crippen molar-refractivity contribution >= 4 is 28.9 Å². The van der Waals surface area contributed by atoms with Crippen molar-refractivity contribution in [2.45, 2.75) is 6.36 Å². The molecule has 0 aliphatic carbocycles. The lowest BCUT2D eigenvalue weighted by atomic mass is 10.3. The van der Waals surface area contributed by atoms with Crippen molar-refractivity contribution in [3.05, 3.63) is 48.4 Å². The molecule has 0 fully saturated rings. The molecule has 1 heterocycles. The lowest BCUT2D eigenvalue weighted by Crippen LogP contribution is -2.43. The monoisotopic (exact) mass is 345 g/mol. The number of hydrazine groups is 1. The fourth-order valence-electron chi connectivity index (χ4n) is 1.49. The molecule has 0 spiro atoms. The summed E-state index contributed by atoms with van der Waals surface area (Å²) in [7, 11) is 0. The molecular weight excluding hydrogens is 335 g/mol. The highest BCUT2D eigenvalue weighted by molar-refractivity contribution is 7.80. The van der Waals surface area contributed by atoms with Gasteiger partial charge in [-0.2, -0.15) is 0 Å². The molecule has 0 radical (unpaired) electrons. The largest absolute Gasteiger partial charge is 0.573 e. The van der Waals surface area contributed by atoms with Crippen molar-refractivity contribution in [2.75, 3.05) is 5.32 Å². The summed E-state index contributed by atoms with van der Waals surface area (Å²) in [5, 5.41) is 2.71. The molecule has 122 valence electrons. The number of rotatable bonds is 3. The van der Waals surface area contributed by atoms with Crippen molar-refractivity contribution in [2.24, 2.45) is 0 Å². The van der Waals surface area contributed by atoms with E-state index in [1.54, 1.807) is 6.07 Å². The quantitative estimate of drug-likeness (QED) is 0.587. The summed E-state index contributed by atoms with van der Waals surface area (Å²) < 4.78 is 44.7. The van der Waals surface area contributed by atoms with Crippen LogP contribution in [0.2, 0.25) is 0 Å². The van der Waals surface area contributed by atoms with Crippen LogP contribution in [0.4, 0.5) is 18.9 Å². The van der Waals surface area contributed by atoms with E-state index in [2.05, 4.69) is 20.9 Å². The maximum Gasteiger partial charge on any atom is 0.573 e. The Morgan fingerprint density at radius 2 is 1.83 bits per heavy atom. The molecule has 23 heavy (non-hydrogen) atoms. The summed E-state index contributed by atoms with van der Waals surface area (Å²) in [6, 6.07) is 7.94. The van der Waals surface area contributed by atoms with Crippen LogP contribution in [0.25, 0.3) is 0 Å². The molecule has 2 rings (SSSR count). The Labute approximate surface area is 133 Å². The number of amides is 1. The minimum Gasteiger partial charge on any atom is -0.459 e. The topological polar surface area (TPSA) is 75.5 Å². The van der Waals surface area contributed by atoms with Gasteiger partial charge in [0, 0.05) is 5.69 Å². The number of nitrogens with one attached hydrogen (secondary N) is 3. The van der Waals surface area contributed by atoms with Gasteiger partial charge < -0.3 is 14.5 Å². The van der Waals surface area contributed by atoms with Gasteiger partial charge >= 0.3 is 12.3 Å². The van der Waals surface area contributed by atoms with Crippen LogP contribution in [0.5, 0.6) is 5.75 Å². The zero-order chi connectivity index (χ0) is 16.9. The second-order valence-electron chi connectivity index (χ2n) is 4.08. The van der Waals surface area contributed by atoms with Crippen molar-refractivity contribution in [3.63, 3.8) is 0 Å². The number of anilines is 1. The van der Waals surface area contributed by atoms with Gasteiger partial charge in [-0.05, 0) is 48.6 Å². The molecule has 0 aliphatic rings. The summed E-state index contributed by atoms with van der Waals surface area (Å²) >= 11 is 4.93. The smallest absolute Gasteiger partial charge is 0.459 e. The summed E-state index contributed by atoms with van der Waals surface area (Å²) in [5.74, 6) is -0.796. The summed E-state index contributed by atoms with van der Waals surface area (Å²) in [4.78, 5) is 11.6. The van der Waals surface area contributed by atoms with E-state index in [-0.39, 0.29) is 16.6 Å². The molecule has 1 amide bonds. The number of benzene rings is 1. The van der Waals surface area contributed by atoms with Crippen molar-refractivity contribution in [1.82, 2.24) is 10.9 Å². The average molecular weight is 345 g/mol. The fourth-order valence-corrected chi connectivity index (χ4v) is 1.65. The van der Waals surface area contributed by atoms with Gasteiger partial charge in [0.15, 0.2) is 10.9 Å². The molecule has 1 aromatic carbocycles. The first kappa shape index (κ1) is 16.6. The van der Waals surface area contributed by atoms with E-state index in [9.17, 15) is 18.0 Å². The zero-order valence-corrected chi connectivity index (χ0v) is 12.1. The number of furan rings is 1. The number of halogens is 3. The first-order valence-electron chi connectivity index (χ1n) is 6.10. The number of hydrogen-bond acceptors (Lipinski definition) is 4. The molecule has 0 saturated carbocycles. The van der Waals surface area contributed by atoms with E-state index in [4.69, 9.17) is 16.6 Å². The lowest BCUT2D eigenvalue weighted by Gasteiger charge is -2.12. The maximum atomic E-state index is 12.0. The molecule has 3 N–H and O–H groups in total. The number of carbonyl (C=O) groups excluding carboxylic acids is 1. The highest BCUT2D eigenvalue weighted by Gasteiger charge is 2.30. The Morgan fingerprint density at radius 1 is 1.13 bits per heavy atom. The Balaban J connectivity index is 1.82. The Hall–Kier alpha value is -2.75. The standard InChI is InChI=1S/C13H10F3N3O3S/c14-13(15,16)22-9-5-3-8(4-6-9)17-12(23)19-18-11(20)10-2-1-7-21-10/h1-7H,(H,18,20)(H2,17,19,23). The lowest BCUT2D eigenvalue weighted by molar-refractivity contribution is -0.274. The average Bonchev–Trinajstić information content (AvgIpc) is 2.99. The van der Waals surface area contributed by atoms with Crippen molar-refractivity contribution < 1.29 is 27.1 Å². The third kappa shape index (κ3) is 5.51. The number of thiocarbonyl (C=S) groups is 1. The number of hydrogen-bond donors (Lipinski definition) is 3. The number of carbonyl (C=O) groups is 1. The SMILES string of the molecule is O=C(NNC(=S)Nc1ccc(OC(F)(F)F)cc1)c1ccco1. The molecule has 10 heteroatoms. The van der Waals surface area contributed by atoms with Gasteiger partial charge in [-0.15, -0.1) is 13.2 Å². The molecule has 2 aromatic rings. The van der Waals surface area contributed by atoms with Gasteiger partial charge in [0.25, 0.3) is 0 Å². The molecule has 0 aliphatic heterocycles. The number of alkyl halides is 3. The highest BCUT2D eigenvalue weighted by atomic mass is 32.1. The first-order chi connectivity index (χ1) is 10.8. The van der Waals surface area contributed by atoms with Crippen LogP contribution in [-0.2, 0) is 0 Å². The van der Waals surface area contributed by atoms with Crippen molar-refractivity contribution in [3.8, 4) is 5.75 Å². The van der Waals surface area contributed by atoms with E-state index in [1.807, 2.05) is 0 Å². The predicted octanol–water partition coefficient (Wildman–Crippen LogP) is 2.81. The van der Waals surface area contributed by atoms with Crippen LogP contribution in [0, 0.1) is 0 Å². The van der Waals surface area contributed by atoms with Gasteiger partial charge in [-0.1, -0.05) is 0 Å². The Morgan fingerprint density at radius 3 is 2.39 bits per heavy atom. The van der Waals surface area contributed by atoms with E-state index >= 15 is 0 Å². The summed E-state index contributed by atoms with van der Waals surface area (Å²) in [5.41, 5.74) is 5.12. The predicted molar refractivity (Wildman–Crippen MR) is 78.7 cm³/mol. The summed E-state index contributed by atoms with van der Waals surface area (Å²) in [6.07, 6.45) is -3.40. The zero-order valence-electron chi connectivity index (χ0n) is 11.3. The van der Waals surface area contributed by atoms with Gasteiger partial charge in [0.05, 0.1) is 6.26 Å². The van der Waals surface area contributed by atoms with E-state index in [0.29, 0.717) is 5.69 Å². The van der Waals surface area contributed by atoms with Crippen molar-refractivity contribution in [1.29, 1.82) is 0 Å². The molecule has 0 bridgehead atoms. The number of ether oxygens (including phenoxy) is 1. The van der Waals surface area contributed by atoms with Crippen LogP contribution < -0.4 is 20.9 Å². The van der Waals surface area contributed by atoms with Gasteiger partial charge in [-0.25, -0.2) is 0 Å². The normalized spacial score (nSPS) is 10.7. The molecular formula is C13H10F3N3O3S. The van der Waals surface area contributed by atoms with Gasteiger partial charge in [0.1, 0.15) is 5.75 Å². The van der Waals surface area contributed by atoms with Crippen LogP contribution in [0.1, 0.15) is 10.6 Å². The van der Waals surface area contributed by atoms with Crippen LogP contribution in [0.3, 0.4) is 0 Å². The maximum absolute atomic E-state index is 12.0. The molecule has 0 atom stereocenters. The van der Waals surface area contributed by atoms with Crippen LogP contribution >= 0.6 is 12.2 Å². The summed E-state index contributed by atoms with van der Waals surface area (Å²) in [6.45, 7) is 0. The second-order valence-corrected chi connectivity index (χ2v) is 4.49. The minimum atomic E-state index is -4.75. The molecule has 0 saturated heterocycles. The minimum absolute atomic E-state index is 0.0365. The highest BCUT2D eigenvalue weighted by Crippen LogP contribution is 2.23. The molecule has 1 aromatic heterocycles. The molecule has 6 nitrogen and oxygen atoms in total. The molecule has 0 unspecified atom stereocenters. The Kier molecular flexibility index (Phi) is 5.06. The third-order valence-corrected chi connectivity index (χ3v) is 2.58. The van der Waals surface area contributed by atoms with Crippen LogP contribution in [-0.4, -0.2) is 17.4 Å². The van der Waals surface area contributed by atoms with E-state index in [1.165, 1.54) is 24.5 Å². The van der Waals surface area contributed by atoms with Gasteiger partial charge in [0.2, 0.25) is 0 Å². The third-order valence-electron chi connectivity index (χ3n) is 2.38.